The molecule has 0 unspecified atom stereocenters. The van der Waals surface area contributed by atoms with Crippen LogP contribution in [-0.4, -0.2) is 24.2 Å². The summed E-state index contributed by atoms with van der Waals surface area (Å²) in [6.45, 7) is 5.25. The van der Waals surface area contributed by atoms with Gasteiger partial charge in [-0.1, -0.05) is 40.6 Å². The number of ether oxygens (including phenoxy) is 1. The van der Waals surface area contributed by atoms with Crippen LogP contribution in [0.5, 0.6) is 0 Å². The van der Waals surface area contributed by atoms with E-state index in [1.807, 2.05) is 4.57 Å². The highest BCUT2D eigenvalue weighted by Crippen LogP contribution is 2.24. The van der Waals surface area contributed by atoms with Crippen molar-refractivity contribution in [1.29, 1.82) is 0 Å². The van der Waals surface area contributed by atoms with Crippen molar-refractivity contribution in [1.82, 2.24) is 4.57 Å². The van der Waals surface area contributed by atoms with Crippen LogP contribution in [0.1, 0.15) is 21.5 Å². The van der Waals surface area contributed by atoms with E-state index in [-0.39, 0.29) is 0 Å². The van der Waals surface area contributed by atoms with Gasteiger partial charge in [-0.05, 0) is 49.2 Å². The number of thiazole rings is 1. The predicted octanol–water partition coefficient (Wildman–Crippen LogP) is 5.01. The summed E-state index contributed by atoms with van der Waals surface area (Å²) in [5.74, 6) is -0.412. The molecule has 26 heavy (non-hydrogen) atoms. The summed E-state index contributed by atoms with van der Waals surface area (Å²) in [4.78, 5) is 17.6. The van der Waals surface area contributed by atoms with E-state index < -0.39 is 5.91 Å². The fraction of sp³-hybridized carbons (Fsp3) is 0.263. The van der Waals surface area contributed by atoms with Crippen molar-refractivity contribution in [2.75, 3.05) is 13.7 Å². The molecular formula is C19H18Cl2N2O2S. The molecule has 0 fully saturated rings. The third-order valence-corrected chi connectivity index (χ3v) is 5.58. The van der Waals surface area contributed by atoms with E-state index in [2.05, 4.69) is 31.0 Å². The van der Waals surface area contributed by atoms with Gasteiger partial charge in [0.1, 0.15) is 0 Å². The monoisotopic (exact) mass is 408 g/mol. The Bertz CT molecular complexity index is 1050. The maximum atomic E-state index is 12.7. The lowest BCUT2D eigenvalue weighted by atomic mass is 10.1. The first-order chi connectivity index (χ1) is 12.4. The lowest BCUT2D eigenvalue weighted by molar-refractivity contribution is 0.0997. The molecule has 136 valence electrons. The predicted molar refractivity (Wildman–Crippen MR) is 108 cm³/mol. The molecule has 7 heteroatoms. The van der Waals surface area contributed by atoms with Crippen LogP contribution in [0.4, 0.5) is 0 Å². The molecule has 0 aliphatic rings. The zero-order valence-electron chi connectivity index (χ0n) is 14.7. The first-order valence-electron chi connectivity index (χ1n) is 8.04. The fourth-order valence-electron chi connectivity index (χ4n) is 2.88. The second kappa shape index (κ2) is 7.92. The van der Waals surface area contributed by atoms with Crippen LogP contribution in [0.2, 0.25) is 10.0 Å². The molecule has 1 heterocycles. The molecule has 0 saturated heterocycles. The van der Waals surface area contributed by atoms with Gasteiger partial charge in [0.25, 0.3) is 5.91 Å². The molecule has 0 radical (unpaired) electrons. The van der Waals surface area contributed by atoms with Crippen molar-refractivity contribution in [3.63, 3.8) is 0 Å². The second-order valence-corrected chi connectivity index (χ2v) is 7.85. The van der Waals surface area contributed by atoms with Crippen LogP contribution < -0.4 is 4.80 Å². The Kier molecular flexibility index (Phi) is 5.82. The minimum atomic E-state index is -0.412. The average Bonchev–Trinajstić information content (AvgIpc) is 2.92. The quantitative estimate of drug-likeness (QED) is 0.608. The molecule has 4 nitrogen and oxygen atoms in total. The highest BCUT2D eigenvalue weighted by Gasteiger charge is 2.14. The van der Waals surface area contributed by atoms with E-state index in [9.17, 15) is 4.79 Å². The Morgan fingerprint density at radius 3 is 2.73 bits per heavy atom. The summed E-state index contributed by atoms with van der Waals surface area (Å²) in [5.41, 5.74) is 3.68. The fourth-order valence-corrected chi connectivity index (χ4v) is 4.48. The summed E-state index contributed by atoms with van der Waals surface area (Å²) in [7, 11) is 1.65. The summed E-state index contributed by atoms with van der Waals surface area (Å²) >= 11 is 13.6. The van der Waals surface area contributed by atoms with Gasteiger partial charge in [0.2, 0.25) is 0 Å². The van der Waals surface area contributed by atoms with E-state index in [4.69, 9.17) is 27.9 Å². The van der Waals surface area contributed by atoms with Crippen molar-refractivity contribution in [2.24, 2.45) is 4.99 Å². The number of benzene rings is 2. The number of aromatic nitrogens is 1. The lowest BCUT2D eigenvalue weighted by Gasteiger charge is -2.07. The highest BCUT2D eigenvalue weighted by atomic mass is 35.5. The van der Waals surface area contributed by atoms with Crippen molar-refractivity contribution < 1.29 is 9.53 Å². The number of nitrogens with zero attached hydrogens (tertiary/aromatic N) is 2. The minimum Gasteiger partial charge on any atom is -0.383 e. The number of fused-ring (bicyclic) bond motifs is 1. The van der Waals surface area contributed by atoms with Gasteiger partial charge in [-0.3, -0.25) is 4.79 Å². The first-order valence-corrected chi connectivity index (χ1v) is 9.61. The van der Waals surface area contributed by atoms with Gasteiger partial charge in [-0.2, -0.15) is 4.99 Å². The third kappa shape index (κ3) is 3.86. The first kappa shape index (κ1) is 19.1. The summed E-state index contributed by atoms with van der Waals surface area (Å²) in [5, 5.41) is 0.780. The van der Waals surface area contributed by atoms with Gasteiger partial charge in [-0.25, -0.2) is 0 Å². The Morgan fingerprint density at radius 2 is 2.00 bits per heavy atom. The molecule has 1 amide bonds. The van der Waals surface area contributed by atoms with Crippen molar-refractivity contribution in [2.45, 2.75) is 20.4 Å². The standard InChI is InChI=1S/C19H18Cl2N2O2S/c1-11-8-12(2)17-16(9-11)26-19(23(17)6-7-25-3)22-18(24)14-10-13(20)4-5-15(14)21/h4-5,8-10H,6-7H2,1-3H3. The molecule has 0 aliphatic carbocycles. The Labute approximate surface area is 165 Å². The number of carbonyl (C=O) groups excluding carboxylic acids is 1. The zero-order chi connectivity index (χ0) is 18.8. The lowest BCUT2D eigenvalue weighted by Crippen LogP contribution is -2.19. The molecule has 0 bridgehead atoms. The number of rotatable bonds is 4. The van der Waals surface area contributed by atoms with Crippen molar-refractivity contribution in [3.8, 4) is 0 Å². The molecular weight excluding hydrogens is 391 g/mol. The van der Waals surface area contributed by atoms with E-state index in [1.165, 1.54) is 23.0 Å². The van der Waals surface area contributed by atoms with Crippen LogP contribution in [0.25, 0.3) is 10.2 Å². The van der Waals surface area contributed by atoms with Crippen LogP contribution in [0.15, 0.2) is 35.3 Å². The Balaban J connectivity index is 2.19. The van der Waals surface area contributed by atoms with E-state index in [0.717, 1.165) is 15.8 Å². The molecule has 3 rings (SSSR count). The summed E-state index contributed by atoms with van der Waals surface area (Å²) < 4.78 is 8.33. The molecule has 0 aliphatic heterocycles. The van der Waals surface area contributed by atoms with Gasteiger partial charge in [0.05, 0.1) is 27.4 Å². The average molecular weight is 409 g/mol. The number of hydrogen-bond donors (Lipinski definition) is 0. The number of amides is 1. The number of halogens is 2. The minimum absolute atomic E-state index is 0.294. The maximum Gasteiger partial charge on any atom is 0.281 e. The largest absolute Gasteiger partial charge is 0.383 e. The molecule has 0 spiro atoms. The Morgan fingerprint density at radius 1 is 1.23 bits per heavy atom. The maximum absolute atomic E-state index is 12.7. The van der Waals surface area contributed by atoms with Crippen molar-refractivity contribution in [3.05, 3.63) is 61.9 Å². The number of methoxy groups -OCH3 is 1. The van der Waals surface area contributed by atoms with E-state index in [1.54, 1.807) is 19.2 Å². The van der Waals surface area contributed by atoms with Crippen molar-refractivity contribution >= 4 is 50.7 Å². The summed E-state index contributed by atoms with van der Waals surface area (Å²) in [6.07, 6.45) is 0. The highest BCUT2D eigenvalue weighted by molar-refractivity contribution is 7.16. The summed E-state index contributed by atoms with van der Waals surface area (Å²) in [6, 6.07) is 9.01. The van der Waals surface area contributed by atoms with E-state index in [0.29, 0.717) is 33.6 Å². The number of carbonyl (C=O) groups is 1. The van der Waals surface area contributed by atoms with Gasteiger partial charge in [-0.15, -0.1) is 0 Å². The van der Waals surface area contributed by atoms with Gasteiger partial charge < -0.3 is 9.30 Å². The Hall–Kier alpha value is -1.66. The number of aryl methyl sites for hydroxylation is 2. The van der Waals surface area contributed by atoms with Crippen LogP contribution in [0, 0.1) is 13.8 Å². The smallest absolute Gasteiger partial charge is 0.281 e. The van der Waals surface area contributed by atoms with Crippen LogP contribution in [-0.2, 0) is 11.3 Å². The van der Waals surface area contributed by atoms with Crippen LogP contribution in [0.3, 0.4) is 0 Å². The normalized spacial score (nSPS) is 12.1. The molecule has 0 saturated carbocycles. The topological polar surface area (TPSA) is 43.6 Å². The molecule has 3 aromatic rings. The number of hydrogen-bond acceptors (Lipinski definition) is 3. The second-order valence-electron chi connectivity index (χ2n) is 6.00. The molecule has 0 N–H and O–H groups in total. The molecule has 1 aromatic heterocycles. The van der Waals surface area contributed by atoms with Crippen LogP contribution >= 0.6 is 34.5 Å². The molecule has 2 aromatic carbocycles. The van der Waals surface area contributed by atoms with Gasteiger partial charge in [0.15, 0.2) is 4.80 Å². The third-order valence-electron chi connectivity index (χ3n) is 3.99. The zero-order valence-corrected chi connectivity index (χ0v) is 17.0. The van der Waals surface area contributed by atoms with E-state index >= 15 is 0 Å². The van der Waals surface area contributed by atoms with Gasteiger partial charge in [0, 0.05) is 18.7 Å². The SMILES string of the molecule is COCCn1c(=NC(=O)c2cc(Cl)ccc2Cl)sc2cc(C)cc(C)c21. The molecule has 0 atom stereocenters. The van der Waals surface area contributed by atoms with Gasteiger partial charge >= 0.3 is 0 Å².